The number of ether oxygens (including phenoxy) is 4. The molecule has 0 aliphatic carbocycles. The molecule has 0 saturated carbocycles. The van der Waals surface area contributed by atoms with Crippen LogP contribution in [0.5, 0.6) is 23.0 Å². The average molecular weight is 641 g/mol. The Labute approximate surface area is 251 Å². The molecule has 1 saturated heterocycles. The standard InChI is InChI=1S/C31H30BrFN2O7/c1-4-11-41-25-10-9-19(15-26(25)39-3)17-35-30(37)23(29(36)34-31(35)38)13-21-14-24(32)28(27(16-21)40-5-2)42-18-20-7-6-8-22(33)12-20/h6-10,12-16H,4-5,11,17-18H2,1-3H3,(H,34,36,38)/b23-13+. The number of hydrogen-bond acceptors (Lipinski definition) is 7. The number of amides is 4. The molecule has 1 aliphatic heterocycles. The van der Waals surface area contributed by atoms with E-state index in [1.165, 1.54) is 25.3 Å². The molecule has 0 atom stereocenters. The number of imide groups is 2. The summed E-state index contributed by atoms with van der Waals surface area (Å²) in [5.41, 5.74) is 1.46. The molecule has 1 aliphatic rings. The summed E-state index contributed by atoms with van der Waals surface area (Å²) in [5, 5.41) is 2.23. The van der Waals surface area contributed by atoms with Crippen LogP contribution < -0.4 is 24.3 Å². The van der Waals surface area contributed by atoms with E-state index in [1.807, 2.05) is 6.92 Å². The molecule has 3 aromatic rings. The molecule has 0 bridgehead atoms. The van der Waals surface area contributed by atoms with Gasteiger partial charge in [0.25, 0.3) is 11.8 Å². The molecule has 0 aromatic heterocycles. The largest absolute Gasteiger partial charge is 0.493 e. The van der Waals surface area contributed by atoms with E-state index in [0.717, 1.165) is 11.3 Å². The maximum absolute atomic E-state index is 13.6. The first-order valence-corrected chi connectivity index (χ1v) is 14.1. The maximum Gasteiger partial charge on any atom is 0.331 e. The first kappa shape index (κ1) is 30.6. The number of urea groups is 1. The summed E-state index contributed by atoms with van der Waals surface area (Å²) in [5.74, 6) is -0.207. The number of halogens is 2. The van der Waals surface area contributed by atoms with Crippen LogP contribution in [0.25, 0.3) is 6.08 Å². The van der Waals surface area contributed by atoms with Crippen LogP contribution in [0, 0.1) is 5.82 Å². The van der Waals surface area contributed by atoms with E-state index in [4.69, 9.17) is 18.9 Å². The highest BCUT2D eigenvalue weighted by atomic mass is 79.9. The minimum Gasteiger partial charge on any atom is -0.493 e. The summed E-state index contributed by atoms with van der Waals surface area (Å²) in [6.45, 7) is 4.61. The van der Waals surface area contributed by atoms with Crippen molar-refractivity contribution in [3.8, 4) is 23.0 Å². The highest BCUT2D eigenvalue weighted by Crippen LogP contribution is 2.38. The number of rotatable bonds is 12. The van der Waals surface area contributed by atoms with E-state index in [0.29, 0.717) is 57.4 Å². The van der Waals surface area contributed by atoms with Gasteiger partial charge in [-0.05, 0) is 88.4 Å². The van der Waals surface area contributed by atoms with Gasteiger partial charge in [-0.1, -0.05) is 25.1 Å². The second-order valence-corrected chi connectivity index (χ2v) is 10.1. The normalized spacial score (nSPS) is 14.2. The van der Waals surface area contributed by atoms with Gasteiger partial charge < -0.3 is 18.9 Å². The molecule has 11 heteroatoms. The zero-order valence-electron chi connectivity index (χ0n) is 23.4. The van der Waals surface area contributed by atoms with Crippen LogP contribution in [0.3, 0.4) is 0 Å². The Morgan fingerprint density at radius 2 is 1.74 bits per heavy atom. The summed E-state index contributed by atoms with van der Waals surface area (Å²) in [6, 6.07) is 13.6. The predicted octanol–water partition coefficient (Wildman–Crippen LogP) is 6.03. The summed E-state index contributed by atoms with van der Waals surface area (Å²) < 4.78 is 36.8. The fourth-order valence-electron chi connectivity index (χ4n) is 4.18. The lowest BCUT2D eigenvalue weighted by atomic mass is 10.1. The molecule has 4 rings (SSSR count). The number of hydrogen-bond donors (Lipinski definition) is 1. The van der Waals surface area contributed by atoms with Crippen molar-refractivity contribution in [1.29, 1.82) is 0 Å². The molecule has 9 nitrogen and oxygen atoms in total. The van der Waals surface area contributed by atoms with Gasteiger partial charge in [0.2, 0.25) is 0 Å². The van der Waals surface area contributed by atoms with Crippen LogP contribution in [-0.4, -0.2) is 43.1 Å². The molecule has 1 heterocycles. The van der Waals surface area contributed by atoms with E-state index in [1.54, 1.807) is 49.4 Å². The van der Waals surface area contributed by atoms with E-state index in [-0.39, 0.29) is 24.5 Å². The van der Waals surface area contributed by atoms with Gasteiger partial charge in [0.05, 0.1) is 31.3 Å². The maximum atomic E-state index is 13.6. The minimum atomic E-state index is -0.829. The number of methoxy groups -OCH3 is 1. The Kier molecular flexibility index (Phi) is 10.2. The van der Waals surface area contributed by atoms with Crippen LogP contribution in [0.1, 0.15) is 37.0 Å². The third-order valence-corrected chi connectivity index (χ3v) is 6.72. The van der Waals surface area contributed by atoms with Gasteiger partial charge in [0.1, 0.15) is 18.0 Å². The third kappa shape index (κ3) is 7.27. The predicted molar refractivity (Wildman–Crippen MR) is 157 cm³/mol. The van der Waals surface area contributed by atoms with Crippen molar-refractivity contribution in [2.24, 2.45) is 0 Å². The lowest BCUT2D eigenvalue weighted by molar-refractivity contribution is -0.130. The second kappa shape index (κ2) is 14.0. The smallest absolute Gasteiger partial charge is 0.331 e. The van der Waals surface area contributed by atoms with Gasteiger partial charge in [-0.25, -0.2) is 9.18 Å². The monoisotopic (exact) mass is 640 g/mol. The van der Waals surface area contributed by atoms with E-state index < -0.39 is 17.8 Å². The summed E-state index contributed by atoms with van der Waals surface area (Å²) in [6.07, 6.45) is 2.20. The highest BCUT2D eigenvalue weighted by molar-refractivity contribution is 9.10. The molecule has 0 radical (unpaired) electrons. The van der Waals surface area contributed by atoms with Crippen molar-refractivity contribution in [2.45, 2.75) is 33.4 Å². The van der Waals surface area contributed by atoms with Gasteiger partial charge in [-0.15, -0.1) is 0 Å². The SMILES string of the molecule is CCCOc1ccc(CN2C(=O)NC(=O)/C(=C\c3cc(Br)c(OCc4cccc(F)c4)c(OCC)c3)C2=O)cc1OC. The zero-order chi connectivity index (χ0) is 30.2. The van der Waals surface area contributed by atoms with Crippen molar-refractivity contribution < 1.29 is 37.7 Å². The molecule has 0 unspecified atom stereocenters. The molecule has 0 spiro atoms. The summed E-state index contributed by atoms with van der Waals surface area (Å²) >= 11 is 3.47. The number of carbonyl (C=O) groups excluding carboxylic acids is 3. The molecular formula is C31H30BrFN2O7. The van der Waals surface area contributed by atoms with Gasteiger partial charge >= 0.3 is 6.03 Å². The van der Waals surface area contributed by atoms with Crippen molar-refractivity contribution in [3.05, 3.63) is 87.2 Å². The van der Waals surface area contributed by atoms with Crippen LogP contribution in [0.4, 0.5) is 9.18 Å². The molecule has 3 aromatic carbocycles. The van der Waals surface area contributed by atoms with Crippen LogP contribution in [0.2, 0.25) is 0 Å². The summed E-state index contributed by atoms with van der Waals surface area (Å²) in [7, 11) is 1.50. The molecule has 1 fully saturated rings. The Morgan fingerprint density at radius 1 is 0.929 bits per heavy atom. The van der Waals surface area contributed by atoms with Crippen molar-refractivity contribution in [2.75, 3.05) is 20.3 Å². The second-order valence-electron chi connectivity index (χ2n) is 9.22. The van der Waals surface area contributed by atoms with Gasteiger partial charge in [0.15, 0.2) is 23.0 Å². The quantitative estimate of drug-likeness (QED) is 0.191. The number of benzene rings is 3. The fourth-order valence-corrected chi connectivity index (χ4v) is 4.76. The summed E-state index contributed by atoms with van der Waals surface area (Å²) in [4.78, 5) is 39.7. The Balaban J connectivity index is 1.59. The lowest BCUT2D eigenvalue weighted by Crippen LogP contribution is -2.53. The molecule has 42 heavy (non-hydrogen) atoms. The number of barbiturate groups is 1. The van der Waals surface area contributed by atoms with Gasteiger partial charge in [-0.3, -0.25) is 19.8 Å². The Hall–Kier alpha value is -4.38. The van der Waals surface area contributed by atoms with Crippen molar-refractivity contribution in [3.63, 3.8) is 0 Å². The van der Waals surface area contributed by atoms with Crippen molar-refractivity contribution in [1.82, 2.24) is 10.2 Å². The first-order chi connectivity index (χ1) is 20.2. The zero-order valence-corrected chi connectivity index (χ0v) is 25.0. The topological polar surface area (TPSA) is 103 Å². The van der Waals surface area contributed by atoms with Crippen LogP contribution >= 0.6 is 15.9 Å². The lowest BCUT2D eigenvalue weighted by Gasteiger charge is -2.26. The van der Waals surface area contributed by atoms with E-state index >= 15 is 0 Å². The van der Waals surface area contributed by atoms with Crippen LogP contribution in [0.15, 0.2) is 64.6 Å². The third-order valence-electron chi connectivity index (χ3n) is 6.13. The first-order valence-electron chi connectivity index (χ1n) is 13.3. The molecule has 1 N–H and O–H groups in total. The van der Waals surface area contributed by atoms with Crippen LogP contribution in [-0.2, 0) is 22.7 Å². The Bertz CT molecular complexity index is 1530. The molecule has 4 amide bonds. The van der Waals surface area contributed by atoms with Gasteiger partial charge in [-0.2, -0.15) is 0 Å². The number of nitrogens with zero attached hydrogens (tertiary/aromatic N) is 1. The fraction of sp³-hybridized carbons (Fsp3) is 0.258. The molecular weight excluding hydrogens is 611 g/mol. The Morgan fingerprint density at radius 3 is 2.45 bits per heavy atom. The van der Waals surface area contributed by atoms with Crippen molar-refractivity contribution >= 4 is 39.9 Å². The van der Waals surface area contributed by atoms with E-state index in [2.05, 4.69) is 21.2 Å². The number of carbonyl (C=O) groups is 3. The van der Waals surface area contributed by atoms with E-state index in [9.17, 15) is 18.8 Å². The van der Waals surface area contributed by atoms with Gasteiger partial charge in [0, 0.05) is 0 Å². The number of nitrogens with one attached hydrogen (secondary N) is 1. The highest BCUT2D eigenvalue weighted by Gasteiger charge is 2.36. The molecule has 220 valence electrons. The minimum absolute atomic E-state index is 0.0886. The average Bonchev–Trinajstić information content (AvgIpc) is 2.96.